The Hall–Kier alpha value is -0.530. The minimum absolute atomic E-state index is 0. The summed E-state index contributed by atoms with van der Waals surface area (Å²) in [5.74, 6) is 1.48. The van der Waals surface area contributed by atoms with E-state index in [1.54, 1.807) is 19.0 Å². The minimum Gasteiger partial charge on any atom is -0.357 e. The molecule has 1 unspecified atom stereocenters. The molecule has 0 aliphatic carbocycles. The van der Waals surface area contributed by atoms with Crippen LogP contribution in [0.15, 0.2) is 4.99 Å². The highest BCUT2D eigenvalue weighted by Gasteiger charge is 2.07. The van der Waals surface area contributed by atoms with Crippen LogP contribution in [0.4, 0.5) is 0 Å². The zero-order valence-electron chi connectivity index (χ0n) is 14.4. The summed E-state index contributed by atoms with van der Waals surface area (Å²) in [6.07, 6.45) is 3.57. The summed E-state index contributed by atoms with van der Waals surface area (Å²) in [6, 6.07) is 0.362. The first-order valence-electron chi connectivity index (χ1n) is 7.61. The lowest BCUT2D eigenvalue weighted by Gasteiger charge is -2.18. The van der Waals surface area contributed by atoms with Crippen LogP contribution >= 0.6 is 24.0 Å². The number of halogens is 1. The molecule has 6 heteroatoms. The van der Waals surface area contributed by atoms with E-state index in [9.17, 15) is 4.79 Å². The van der Waals surface area contributed by atoms with Crippen molar-refractivity contribution in [1.82, 2.24) is 15.5 Å². The number of nitrogens with one attached hydrogen (secondary N) is 2. The standard InChI is InChI=1S/C15H32N4O.HI/c1-7-16-15(17-11-14(20)19(5)6)18-13(4)10-8-9-12(2)3;/h12-13H,7-11H2,1-6H3,(H2,16,17,18);1H. The molecule has 21 heavy (non-hydrogen) atoms. The van der Waals surface area contributed by atoms with Gasteiger partial charge in [0.25, 0.3) is 0 Å². The van der Waals surface area contributed by atoms with E-state index in [1.165, 1.54) is 12.8 Å². The van der Waals surface area contributed by atoms with Crippen molar-refractivity contribution in [3.63, 3.8) is 0 Å². The van der Waals surface area contributed by atoms with E-state index in [-0.39, 0.29) is 36.4 Å². The summed E-state index contributed by atoms with van der Waals surface area (Å²) >= 11 is 0. The van der Waals surface area contributed by atoms with Gasteiger partial charge >= 0.3 is 0 Å². The van der Waals surface area contributed by atoms with E-state index in [4.69, 9.17) is 0 Å². The first kappa shape index (κ1) is 22.7. The van der Waals surface area contributed by atoms with Gasteiger partial charge in [0, 0.05) is 26.7 Å². The molecule has 0 aliphatic rings. The molecule has 0 fully saturated rings. The molecule has 1 atom stereocenters. The number of amides is 1. The molecule has 0 saturated heterocycles. The van der Waals surface area contributed by atoms with Gasteiger partial charge in [0.2, 0.25) is 5.91 Å². The normalized spacial score (nSPS) is 12.6. The van der Waals surface area contributed by atoms with Crippen LogP contribution in [0.25, 0.3) is 0 Å². The van der Waals surface area contributed by atoms with Crippen molar-refractivity contribution in [2.45, 2.75) is 53.0 Å². The fourth-order valence-electron chi connectivity index (χ4n) is 1.75. The van der Waals surface area contributed by atoms with Gasteiger partial charge in [-0.3, -0.25) is 4.79 Å². The Balaban J connectivity index is 0. The first-order valence-corrected chi connectivity index (χ1v) is 7.61. The van der Waals surface area contributed by atoms with Crippen LogP contribution in [-0.4, -0.2) is 50.0 Å². The maximum absolute atomic E-state index is 11.5. The minimum atomic E-state index is 0. The van der Waals surface area contributed by atoms with Crippen molar-refractivity contribution < 1.29 is 4.79 Å². The number of carbonyl (C=O) groups excluding carboxylic acids is 1. The molecule has 0 aromatic rings. The quantitative estimate of drug-likeness (QED) is 0.366. The first-order chi connectivity index (χ1) is 9.36. The number of aliphatic imine (C=N–C) groups is 1. The highest BCUT2D eigenvalue weighted by Crippen LogP contribution is 2.08. The van der Waals surface area contributed by atoms with E-state index in [0.29, 0.717) is 6.04 Å². The zero-order chi connectivity index (χ0) is 15.5. The SMILES string of the molecule is CCNC(=NCC(=O)N(C)C)NC(C)CCCC(C)C.I. The molecule has 0 bridgehead atoms. The third-order valence-electron chi connectivity index (χ3n) is 3.02. The smallest absolute Gasteiger partial charge is 0.243 e. The van der Waals surface area contributed by atoms with Crippen LogP contribution in [0.1, 0.15) is 47.0 Å². The molecule has 0 spiro atoms. The Morgan fingerprint density at radius 3 is 2.29 bits per heavy atom. The topological polar surface area (TPSA) is 56.7 Å². The summed E-state index contributed by atoms with van der Waals surface area (Å²) in [7, 11) is 3.49. The van der Waals surface area contributed by atoms with Gasteiger partial charge in [-0.15, -0.1) is 24.0 Å². The molecule has 0 heterocycles. The average molecular weight is 412 g/mol. The lowest BCUT2D eigenvalue weighted by atomic mass is 10.0. The number of likely N-dealkylation sites (N-methyl/N-ethyl adjacent to an activating group) is 1. The number of rotatable bonds is 8. The Labute approximate surface area is 147 Å². The molecule has 0 aromatic heterocycles. The molecule has 0 rings (SSSR count). The van der Waals surface area contributed by atoms with Crippen LogP contribution < -0.4 is 10.6 Å². The van der Waals surface area contributed by atoms with Gasteiger partial charge in [-0.25, -0.2) is 4.99 Å². The summed E-state index contributed by atoms with van der Waals surface area (Å²) in [4.78, 5) is 17.4. The van der Waals surface area contributed by atoms with Crippen molar-refractivity contribution in [2.24, 2.45) is 10.9 Å². The summed E-state index contributed by atoms with van der Waals surface area (Å²) in [5.41, 5.74) is 0. The van der Waals surface area contributed by atoms with E-state index in [2.05, 4.69) is 36.4 Å². The average Bonchev–Trinajstić information content (AvgIpc) is 2.35. The lowest BCUT2D eigenvalue weighted by molar-refractivity contribution is -0.127. The molecule has 2 N–H and O–H groups in total. The molecule has 126 valence electrons. The van der Waals surface area contributed by atoms with Crippen molar-refractivity contribution in [3.8, 4) is 0 Å². The molecule has 0 aromatic carbocycles. The monoisotopic (exact) mass is 412 g/mol. The maximum Gasteiger partial charge on any atom is 0.243 e. The molecule has 5 nitrogen and oxygen atoms in total. The van der Waals surface area contributed by atoms with Gasteiger partial charge in [0.05, 0.1) is 0 Å². The van der Waals surface area contributed by atoms with Crippen molar-refractivity contribution in [1.29, 1.82) is 0 Å². The Morgan fingerprint density at radius 2 is 1.81 bits per heavy atom. The summed E-state index contributed by atoms with van der Waals surface area (Å²) < 4.78 is 0. The molecular weight excluding hydrogens is 379 g/mol. The van der Waals surface area contributed by atoms with Crippen LogP contribution in [-0.2, 0) is 4.79 Å². The highest BCUT2D eigenvalue weighted by atomic mass is 127. The van der Waals surface area contributed by atoms with Gasteiger partial charge in [-0.1, -0.05) is 26.7 Å². The summed E-state index contributed by atoms with van der Waals surface area (Å²) in [5, 5.41) is 6.53. The lowest BCUT2D eigenvalue weighted by Crippen LogP contribution is -2.42. The van der Waals surface area contributed by atoms with Gasteiger partial charge in [0.15, 0.2) is 5.96 Å². The fourth-order valence-corrected chi connectivity index (χ4v) is 1.75. The third kappa shape index (κ3) is 12.9. The van der Waals surface area contributed by atoms with Crippen LogP contribution in [0, 0.1) is 5.92 Å². The Bertz CT molecular complexity index is 306. The molecule has 0 aliphatic heterocycles. The van der Waals surface area contributed by atoms with Crippen LogP contribution in [0.5, 0.6) is 0 Å². The maximum atomic E-state index is 11.5. The second-order valence-electron chi connectivity index (χ2n) is 5.85. The van der Waals surface area contributed by atoms with E-state index in [0.717, 1.165) is 24.8 Å². The fraction of sp³-hybridized carbons (Fsp3) is 0.867. The van der Waals surface area contributed by atoms with Crippen molar-refractivity contribution in [3.05, 3.63) is 0 Å². The van der Waals surface area contributed by atoms with Gasteiger partial charge < -0.3 is 15.5 Å². The number of hydrogen-bond donors (Lipinski definition) is 2. The third-order valence-corrected chi connectivity index (χ3v) is 3.02. The van der Waals surface area contributed by atoms with E-state index in [1.807, 2.05) is 6.92 Å². The zero-order valence-corrected chi connectivity index (χ0v) is 16.7. The van der Waals surface area contributed by atoms with Gasteiger partial charge in [-0.05, 0) is 26.2 Å². The number of carbonyl (C=O) groups is 1. The van der Waals surface area contributed by atoms with Crippen molar-refractivity contribution >= 4 is 35.8 Å². The molecule has 0 saturated carbocycles. The molecule has 0 radical (unpaired) electrons. The van der Waals surface area contributed by atoms with E-state index >= 15 is 0 Å². The van der Waals surface area contributed by atoms with Crippen LogP contribution in [0.2, 0.25) is 0 Å². The molecule has 1 amide bonds. The Kier molecular flexibility index (Phi) is 14.2. The largest absolute Gasteiger partial charge is 0.357 e. The van der Waals surface area contributed by atoms with Gasteiger partial charge in [-0.2, -0.15) is 0 Å². The summed E-state index contributed by atoms with van der Waals surface area (Å²) in [6.45, 7) is 9.64. The van der Waals surface area contributed by atoms with E-state index < -0.39 is 0 Å². The predicted octanol–water partition coefficient (Wildman–Crippen LogP) is 2.46. The molecular formula is C15H33IN4O. The number of hydrogen-bond acceptors (Lipinski definition) is 2. The van der Waals surface area contributed by atoms with Crippen molar-refractivity contribution in [2.75, 3.05) is 27.2 Å². The second-order valence-corrected chi connectivity index (χ2v) is 5.85. The Morgan fingerprint density at radius 1 is 1.19 bits per heavy atom. The predicted molar refractivity (Wildman–Crippen MR) is 101 cm³/mol. The second kappa shape index (κ2) is 13.2. The van der Waals surface area contributed by atoms with Crippen LogP contribution in [0.3, 0.4) is 0 Å². The number of nitrogens with zero attached hydrogens (tertiary/aromatic N) is 2. The highest BCUT2D eigenvalue weighted by molar-refractivity contribution is 14.0. The number of guanidine groups is 1. The van der Waals surface area contributed by atoms with Gasteiger partial charge in [0.1, 0.15) is 6.54 Å².